The number of pyridine rings is 1. The predicted octanol–water partition coefficient (Wildman–Crippen LogP) is 0.336. The molecule has 0 bridgehead atoms. The highest BCUT2D eigenvalue weighted by Crippen LogP contribution is 2.03. The van der Waals surface area contributed by atoms with Gasteiger partial charge in [-0.1, -0.05) is 0 Å². The Bertz CT molecular complexity index is 330. The van der Waals surface area contributed by atoms with E-state index in [-0.39, 0.29) is 12.8 Å². The van der Waals surface area contributed by atoms with Crippen LogP contribution in [0.5, 0.6) is 0 Å². The Morgan fingerprint density at radius 3 is 2.43 bits per heavy atom. The monoisotopic (exact) mass is 195 g/mol. The maximum atomic E-state index is 10.4. The fourth-order valence-electron chi connectivity index (χ4n) is 1.06. The Labute approximate surface area is 80.0 Å². The van der Waals surface area contributed by atoms with Crippen molar-refractivity contribution in [1.29, 1.82) is 0 Å². The molecule has 14 heavy (non-hydrogen) atoms. The molecule has 1 rings (SSSR count). The van der Waals surface area contributed by atoms with Gasteiger partial charge in [0.15, 0.2) is 0 Å². The van der Waals surface area contributed by atoms with E-state index in [4.69, 9.17) is 10.2 Å². The van der Waals surface area contributed by atoms with Crippen molar-refractivity contribution >= 4 is 11.9 Å². The molecule has 2 N–H and O–H groups in total. The number of rotatable bonds is 4. The molecule has 5 nitrogen and oxygen atoms in total. The number of carbonyl (C=O) groups is 2. The Balaban J connectivity index is 2.78. The first kappa shape index (κ1) is 10.2. The molecule has 0 unspecified atom stereocenters. The maximum absolute atomic E-state index is 10.4. The van der Waals surface area contributed by atoms with Gasteiger partial charge in [-0.05, 0) is 17.7 Å². The van der Waals surface area contributed by atoms with E-state index in [0.717, 1.165) is 0 Å². The summed E-state index contributed by atoms with van der Waals surface area (Å²) in [5.74, 6) is -1.93. The lowest BCUT2D eigenvalue weighted by Gasteiger charge is -1.99. The summed E-state index contributed by atoms with van der Waals surface area (Å²) in [6, 6.07) is 3.04. The van der Waals surface area contributed by atoms with Gasteiger partial charge in [0.1, 0.15) is 0 Å². The van der Waals surface area contributed by atoms with Gasteiger partial charge in [-0.3, -0.25) is 14.6 Å². The number of aliphatic carboxylic acids is 2. The molecular formula is C9H9NO4. The van der Waals surface area contributed by atoms with Crippen molar-refractivity contribution < 1.29 is 19.8 Å². The Hall–Kier alpha value is -1.91. The van der Waals surface area contributed by atoms with Crippen LogP contribution in [0.2, 0.25) is 0 Å². The van der Waals surface area contributed by atoms with E-state index in [2.05, 4.69) is 4.98 Å². The van der Waals surface area contributed by atoms with Gasteiger partial charge in [-0.15, -0.1) is 0 Å². The molecule has 5 heteroatoms. The molecule has 0 atom stereocenters. The number of aromatic nitrogens is 1. The van der Waals surface area contributed by atoms with Crippen molar-refractivity contribution in [2.75, 3.05) is 0 Å². The van der Waals surface area contributed by atoms with E-state index in [1.54, 1.807) is 6.07 Å². The van der Waals surface area contributed by atoms with Crippen LogP contribution in [0.15, 0.2) is 18.3 Å². The summed E-state index contributed by atoms with van der Waals surface area (Å²) in [5, 5.41) is 17.0. The highest BCUT2D eigenvalue weighted by Gasteiger charge is 2.05. The van der Waals surface area contributed by atoms with Crippen LogP contribution in [0.1, 0.15) is 11.3 Å². The molecule has 0 aliphatic rings. The second kappa shape index (κ2) is 4.36. The quantitative estimate of drug-likeness (QED) is 0.723. The first-order valence-electron chi connectivity index (χ1n) is 3.95. The molecule has 0 aliphatic heterocycles. The van der Waals surface area contributed by atoms with Crippen LogP contribution < -0.4 is 0 Å². The number of carboxylic acids is 2. The van der Waals surface area contributed by atoms with Gasteiger partial charge >= 0.3 is 11.9 Å². The average Bonchev–Trinajstić information content (AvgIpc) is 2.01. The summed E-state index contributed by atoms with van der Waals surface area (Å²) in [6.07, 6.45) is 1.11. The molecular weight excluding hydrogens is 186 g/mol. The van der Waals surface area contributed by atoms with Crippen LogP contribution in [-0.4, -0.2) is 27.1 Å². The zero-order valence-electron chi connectivity index (χ0n) is 7.30. The van der Waals surface area contributed by atoms with E-state index in [1.807, 2.05) is 0 Å². The van der Waals surface area contributed by atoms with Crippen LogP contribution in [0.3, 0.4) is 0 Å². The van der Waals surface area contributed by atoms with Crippen LogP contribution in [0.4, 0.5) is 0 Å². The Morgan fingerprint density at radius 2 is 1.86 bits per heavy atom. The van der Waals surface area contributed by atoms with Crippen LogP contribution in [0, 0.1) is 0 Å². The van der Waals surface area contributed by atoms with E-state index in [9.17, 15) is 9.59 Å². The van der Waals surface area contributed by atoms with Crippen LogP contribution in [0.25, 0.3) is 0 Å². The minimum Gasteiger partial charge on any atom is -0.481 e. The van der Waals surface area contributed by atoms with Gasteiger partial charge < -0.3 is 10.2 Å². The highest BCUT2D eigenvalue weighted by molar-refractivity contribution is 5.71. The fourth-order valence-corrected chi connectivity index (χ4v) is 1.06. The minimum absolute atomic E-state index is 0.116. The number of hydrogen-bond acceptors (Lipinski definition) is 3. The summed E-state index contributed by atoms with van der Waals surface area (Å²) >= 11 is 0. The van der Waals surface area contributed by atoms with Crippen molar-refractivity contribution in [3.8, 4) is 0 Å². The van der Waals surface area contributed by atoms with Gasteiger partial charge in [-0.25, -0.2) is 0 Å². The Kier molecular flexibility index (Phi) is 3.17. The fraction of sp³-hybridized carbons (Fsp3) is 0.222. The topological polar surface area (TPSA) is 87.5 Å². The molecule has 1 aromatic heterocycles. The Morgan fingerprint density at radius 1 is 1.21 bits per heavy atom. The second-order valence-electron chi connectivity index (χ2n) is 2.80. The van der Waals surface area contributed by atoms with Gasteiger partial charge in [-0.2, -0.15) is 0 Å². The standard InChI is InChI=1S/C9H9NO4/c11-8(12)4-6-1-2-10-7(3-6)5-9(13)14/h1-3H,4-5H2,(H,11,12)(H,13,14). The largest absolute Gasteiger partial charge is 0.481 e. The zero-order valence-corrected chi connectivity index (χ0v) is 7.30. The van der Waals surface area contributed by atoms with Crippen LogP contribution in [-0.2, 0) is 22.4 Å². The zero-order chi connectivity index (χ0) is 10.6. The van der Waals surface area contributed by atoms with Crippen LogP contribution >= 0.6 is 0 Å². The predicted molar refractivity (Wildman–Crippen MR) is 46.9 cm³/mol. The van der Waals surface area contributed by atoms with Crippen molar-refractivity contribution in [3.63, 3.8) is 0 Å². The third-order valence-electron chi connectivity index (χ3n) is 1.57. The van der Waals surface area contributed by atoms with Gasteiger partial charge in [0, 0.05) is 6.20 Å². The highest BCUT2D eigenvalue weighted by atomic mass is 16.4. The number of nitrogens with zero attached hydrogens (tertiary/aromatic N) is 1. The molecule has 0 aromatic carbocycles. The summed E-state index contributed by atoms with van der Waals surface area (Å²) in [4.78, 5) is 24.5. The van der Waals surface area contributed by atoms with E-state index >= 15 is 0 Å². The molecule has 74 valence electrons. The summed E-state index contributed by atoms with van der Waals surface area (Å²) in [6.45, 7) is 0. The van der Waals surface area contributed by atoms with Gasteiger partial charge in [0.2, 0.25) is 0 Å². The maximum Gasteiger partial charge on any atom is 0.309 e. The summed E-state index contributed by atoms with van der Waals surface area (Å²) in [5.41, 5.74) is 0.931. The molecule has 0 spiro atoms. The second-order valence-corrected chi connectivity index (χ2v) is 2.80. The first-order valence-corrected chi connectivity index (χ1v) is 3.95. The van der Waals surface area contributed by atoms with E-state index in [0.29, 0.717) is 11.3 Å². The molecule has 1 aromatic rings. The SMILES string of the molecule is O=C(O)Cc1ccnc(CC(=O)O)c1. The normalized spacial score (nSPS) is 9.71. The molecule has 0 aliphatic carbocycles. The van der Waals surface area contributed by atoms with E-state index in [1.165, 1.54) is 12.3 Å². The molecule has 0 saturated carbocycles. The lowest BCUT2D eigenvalue weighted by molar-refractivity contribution is -0.137. The molecule has 0 radical (unpaired) electrons. The molecule has 0 amide bonds. The molecule has 0 saturated heterocycles. The van der Waals surface area contributed by atoms with Crippen molar-refractivity contribution in [2.45, 2.75) is 12.8 Å². The minimum atomic E-state index is -0.982. The summed E-state index contributed by atoms with van der Waals surface area (Å²) < 4.78 is 0. The lowest BCUT2D eigenvalue weighted by Crippen LogP contribution is -2.05. The third kappa shape index (κ3) is 3.22. The third-order valence-corrected chi connectivity index (χ3v) is 1.57. The molecule has 1 heterocycles. The van der Waals surface area contributed by atoms with Crippen molar-refractivity contribution in [2.24, 2.45) is 0 Å². The lowest BCUT2D eigenvalue weighted by atomic mass is 10.1. The van der Waals surface area contributed by atoms with Crippen molar-refractivity contribution in [3.05, 3.63) is 29.6 Å². The van der Waals surface area contributed by atoms with E-state index < -0.39 is 11.9 Å². The average molecular weight is 195 g/mol. The molecule has 0 fully saturated rings. The smallest absolute Gasteiger partial charge is 0.309 e. The number of hydrogen-bond donors (Lipinski definition) is 2. The first-order chi connectivity index (χ1) is 6.58. The number of carboxylic acid groups (broad SMARTS) is 2. The van der Waals surface area contributed by atoms with Gasteiger partial charge in [0.05, 0.1) is 18.5 Å². The van der Waals surface area contributed by atoms with Crippen molar-refractivity contribution in [1.82, 2.24) is 4.98 Å². The van der Waals surface area contributed by atoms with Gasteiger partial charge in [0.25, 0.3) is 0 Å². The summed E-state index contributed by atoms with van der Waals surface area (Å²) in [7, 11) is 0.